The molecule has 0 fully saturated rings. The Kier molecular flexibility index (Phi) is 10.8. The number of rotatable bonds is 12. The van der Waals surface area contributed by atoms with Crippen LogP contribution in [0.1, 0.15) is 70.4 Å². The summed E-state index contributed by atoms with van der Waals surface area (Å²) in [5.74, 6) is 0. The molecule has 0 aromatic heterocycles. The Morgan fingerprint density at radius 1 is 1.00 bits per heavy atom. The Labute approximate surface area is 143 Å². The van der Waals surface area contributed by atoms with E-state index in [2.05, 4.69) is 32.9 Å². The summed E-state index contributed by atoms with van der Waals surface area (Å²) in [6, 6.07) is 8.21. The van der Waals surface area contributed by atoms with Crippen molar-refractivity contribution in [2.45, 2.75) is 64.8 Å². The lowest BCUT2D eigenvalue weighted by Gasteiger charge is -2.26. The number of unbranched alkanes of at least 4 members (excludes halogenated alkanes) is 2. The first-order chi connectivity index (χ1) is 10.7. The lowest BCUT2D eigenvalue weighted by atomic mass is 10.1. The van der Waals surface area contributed by atoms with Gasteiger partial charge in [-0.3, -0.25) is 0 Å². The van der Waals surface area contributed by atoms with Gasteiger partial charge in [0.1, 0.15) is 0 Å². The summed E-state index contributed by atoms with van der Waals surface area (Å²) < 4.78 is 12.4. The fraction of sp³-hybridized carbons (Fsp3) is 0.667. The van der Waals surface area contributed by atoms with Gasteiger partial charge >= 0.3 is 9.28 Å². The molecule has 1 aromatic rings. The second-order valence-electron chi connectivity index (χ2n) is 5.77. The second kappa shape index (κ2) is 12.1. The van der Waals surface area contributed by atoms with Gasteiger partial charge in [-0.05, 0) is 37.0 Å². The Hall–Kier alpha value is -0.353. The van der Waals surface area contributed by atoms with Crippen LogP contribution >= 0.6 is 11.6 Å². The van der Waals surface area contributed by atoms with E-state index in [0.717, 1.165) is 56.8 Å². The van der Waals surface area contributed by atoms with Gasteiger partial charge in [-0.25, -0.2) is 0 Å². The van der Waals surface area contributed by atoms with E-state index in [1.807, 2.05) is 12.1 Å². The van der Waals surface area contributed by atoms with E-state index in [1.54, 1.807) is 0 Å². The third-order valence-corrected chi connectivity index (χ3v) is 6.50. The fourth-order valence-corrected chi connectivity index (χ4v) is 5.16. The molecule has 2 nitrogen and oxygen atoms in total. The smallest absolute Gasteiger partial charge is 0.329 e. The van der Waals surface area contributed by atoms with Crippen LogP contribution in [0, 0.1) is 0 Å². The molecule has 0 aliphatic rings. The van der Waals surface area contributed by atoms with E-state index in [9.17, 15) is 0 Å². The molecule has 22 heavy (non-hydrogen) atoms. The van der Waals surface area contributed by atoms with Crippen molar-refractivity contribution in [1.82, 2.24) is 0 Å². The SMILES string of the molecule is CCCCO[SiH](OCCCC)C(CCC)c1cccc(Cl)c1. The van der Waals surface area contributed by atoms with E-state index >= 15 is 0 Å². The third-order valence-electron chi connectivity index (χ3n) is 3.77. The molecule has 0 saturated carbocycles. The van der Waals surface area contributed by atoms with Crippen LogP contribution in [0.5, 0.6) is 0 Å². The summed E-state index contributed by atoms with van der Waals surface area (Å²) in [7, 11) is -1.74. The minimum absolute atomic E-state index is 0.386. The van der Waals surface area contributed by atoms with Crippen molar-refractivity contribution in [3.05, 3.63) is 34.9 Å². The molecule has 0 spiro atoms. The second-order valence-corrected chi connectivity index (χ2v) is 8.41. The summed E-state index contributed by atoms with van der Waals surface area (Å²) in [6.45, 7) is 8.25. The molecule has 1 rings (SSSR count). The van der Waals surface area contributed by atoms with Crippen molar-refractivity contribution in [1.29, 1.82) is 0 Å². The van der Waals surface area contributed by atoms with E-state index in [-0.39, 0.29) is 0 Å². The molecule has 1 aromatic carbocycles. The summed E-state index contributed by atoms with van der Waals surface area (Å²) in [6.07, 6.45) is 6.77. The Balaban J connectivity index is 2.81. The number of hydrogen-bond donors (Lipinski definition) is 0. The summed E-state index contributed by atoms with van der Waals surface area (Å²) in [5.41, 5.74) is 1.66. The zero-order valence-corrected chi connectivity index (χ0v) is 16.2. The molecule has 1 atom stereocenters. The van der Waals surface area contributed by atoms with Gasteiger partial charge in [0, 0.05) is 23.8 Å². The van der Waals surface area contributed by atoms with E-state index < -0.39 is 9.28 Å². The lowest BCUT2D eigenvalue weighted by Crippen LogP contribution is -2.32. The van der Waals surface area contributed by atoms with Crippen molar-refractivity contribution < 1.29 is 8.85 Å². The third kappa shape index (κ3) is 7.27. The quantitative estimate of drug-likeness (QED) is 0.362. The molecule has 0 heterocycles. The van der Waals surface area contributed by atoms with Crippen LogP contribution < -0.4 is 0 Å². The highest BCUT2D eigenvalue weighted by molar-refractivity contribution is 6.46. The van der Waals surface area contributed by atoms with Crippen molar-refractivity contribution in [3.8, 4) is 0 Å². The number of benzene rings is 1. The minimum atomic E-state index is -1.74. The number of halogens is 1. The normalized spacial score (nSPS) is 12.8. The molecular weight excluding hydrogens is 312 g/mol. The zero-order chi connectivity index (χ0) is 16.2. The average molecular weight is 343 g/mol. The first kappa shape index (κ1) is 19.7. The van der Waals surface area contributed by atoms with Gasteiger partial charge in [-0.2, -0.15) is 0 Å². The monoisotopic (exact) mass is 342 g/mol. The predicted octanol–water partition coefficient (Wildman–Crippen LogP) is 5.62. The first-order valence-electron chi connectivity index (χ1n) is 8.71. The van der Waals surface area contributed by atoms with Gasteiger partial charge in [0.15, 0.2) is 0 Å². The van der Waals surface area contributed by atoms with E-state index in [0.29, 0.717) is 5.54 Å². The maximum absolute atomic E-state index is 6.21. The zero-order valence-electron chi connectivity index (χ0n) is 14.3. The van der Waals surface area contributed by atoms with Crippen molar-refractivity contribution in [2.75, 3.05) is 13.2 Å². The minimum Gasteiger partial charge on any atom is -0.396 e. The van der Waals surface area contributed by atoms with Crippen molar-refractivity contribution in [2.24, 2.45) is 0 Å². The molecule has 0 saturated heterocycles. The molecule has 0 N–H and O–H groups in total. The molecule has 0 amide bonds. The summed E-state index contributed by atoms with van der Waals surface area (Å²) in [4.78, 5) is 0. The molecule has 0 bridgehead atoms. The van der Waals surface area contributed by atoms with Crippen LogP contribution in [0.3, 0.4) is 0 Å². The molecular formula is C18H31ClO2Si. The largest absolute Gasteiger partial charge is 0.396 e. The molecule has 4 heteroatoms. The van der Waals surface area contributed by atoms with E-state index in [1.165, 1.54) is 5.56 Å². The topological polar surface area (TPSA) is 18.5 Å². The maximum atomic E-state index is 6.21. The average Bonchev–Trinajstić information content (AvgIpc) is 2.52. The highest BCUT2D eigenvalue weighted by Crippen LogP contribution is 2.28. The van der Waals surface area contributed by atoms with Gasteiger partial charge in [-0.15, -0.1) is 0 Å². The standard InChI is InChI=1S/C18H31ClO2Si/c1-4-7-13-20-22(21-14-8-5-2)18(10-6-3)16-11-9-12-17(19)15-16/h9,11-12,15,18,22H,4-8,10,13-14H2,1-3H3. The molecule has 0 aliphatic heterocycles. The summed E-state index contributed by atoms with van der Waals surface area (Å²) >= 11 is 6.18. The first-order valence-corrected chi connectivity index (χ1v) is 10.7. The molecule has 0 radical (unpaired) electrons. The van der Waals surface area contributed by atoms with Crippen LogP contribution in [0.4, 0.5) is 0 Å². The van der Waals surface area contributed by atoms with Gasteiger partial charge < -0.3 is 8.85 Å². The maximum Gasteiger partial charge on any atom is 0.329 e. The van der Waals surface area contributed by atoms with Crippen LogP contribution in [-0.4, -0.2) is 22.5 Å². The Bertz CT molecular complexity index is 390. The van der Waals surface area contributed by atoms with Crippen LogP contribution in [0.2, 0.25) is 5.02 Å². The summed E-state index contributed by atoms with van der Waals surface area (Å²) in [5, 5.41) is 0.800. The van der Waals surface area contributed by atoms with Crippen molar-refractivity contribution in [3.63, 3.8) is 0 Å². The molecule has 126 valence electrons. The van der Waals surface area contributed by atoms with Crippen molar-refractivity contribution >= 4 is 20.9 Å². The van der Waals surface area contributed by atoms with Gasteiger partial charge in [0.05, 0.1) is 0 Å². The predicted molar refractivity (Wildman–Crippen MR) is 98.0 cm³/mol. The molecule has 1 unspecified atom stereocenters. The van der Waals surface area contributed by atoms with Gasteiger partial charge in [-0.1, -0.05) is 63.8 Å². The molecule has 0 aliphatic carbocycles. The van der Waals surface area contributed by atoms with Gasteiger partial charge in [0.25, 0.3) is 0 Å². The van der Waals surface area contributed by atoms with Crippen LogP contribution in [0.15, 0.2) is 24.3 Å². The van der Waals surface area contributed by atoms with Crippen LogP contribution in [-0.2, 0) is 8.85 Å². The highest BCUT2D eigenvalue weighted by atomic mass is 35.5. The Morgan fingerprint density at radius 2 is 1.64 bits per heavy atom. The van der Waals surface area contributed by atoms with Gasteiger partial charge in [0.2, 0.25) is 0 Å². The van der Waals surface area contributed by atoms with Crippen LogP contribution in [0.25, 0.3) is 0 Å². The van der Waals surface area contributed by atoms with E-state index in [4.69, 9.17) is 20.5 Å². The number of hydrogen-bond acceptors (Lipinski definition) is 2. The lowest BCUT2D eigenvalue weighted by molar-refractivity contribution is 0.182. The fourth-order valence-electron chi connectivity index (χ4n) is 2.48. The highest BCUT2D eigenvalue weighted by Gasteiger charge is 2.27. The Morgan fingerprint density at radius 3 is 2.14 bits per heavy atom.